The molecule has 0 aliphatic rings. The van der Waals surface area contributed by atoms with Gasteiger partial charge in [-0.05, 0) is 32.0 Å². The smallest absolute Gasteiger partial charge is 0.179 e. The van der Waals surface area contributed by atoms with Crippen molar-refractivity contribution in [1.82, 2.24) is 19.3 Å². The van der Waals surface area contributed by atoms with Crippen LogP contribution in [0.3, 0.4) is 0 Å². The second-order valence-electron chi connectivity index (χ2n) is 5.31. The lowest BCUT2D eigenvalue weighted by molar-refractivity contribution is 0.483. The molecule has 0 aliphatic carbocycles. The Labute approximate surface area is 119 Å². The molecule has 2 heterocycles. The fourth-order valence-electron chi connectivity index (χ4n) is 2.69. The third-order valence-electron chi connectivity index (χ3n) is 3.67. The predicted molar refractivity (Wildman–Crippen MR) is 82.1 cm³/mol. The van der Waals surface area contributed by atoms with Crippen LogP contribution in [-0.4, -0.2) is 19.3 Å². The molecule has 0 amide bonds. The van der Waals surface area contributed by atoms with Crippen LogP contribution in [0.2, 0.25) is 0 Å². The highest BCUT2D eigenvalue weighted by Crippen LogP contribution is 2.25. The number of H-pyrrole nitrogens is 1. The van der Waals surface area contributed by atoms with Crippen LogP contribution >= 0.6 is 12.2 Å². The fraction of sp³-hybridized carbons (Fsp3) is 0.714. The number of nitrogens with zero attached hydrogens (tertiary/aromatic N) is 3. The van der Waals surface area contributed by atoms with Crippen molar-refractivity contribution in [1.29, 1.82) is 0 Å². The molecule has 5 heteroatoms. The number of unbranched alkanes of at least 4 members (excludes halogenated alkanes) is 1. The first kappa shape index (κ1) is 14.3. The summed E-state index contributed by atoms with van der Waals surface area (Å²) in [6.07, 6.45) is 5.71. The molecule has 0 radical (unpaired) electrons. The van der Waals surface area contributed by atoms with E-state index in [1.54, 1.807) is 0 Å². The number of aryl methyl sites for hydroxylation is 2. The van der Waals surface area contributed by atoms with Gasteiger partial charge in [-0.15, -0.1) is 0 Å². The highest BCUT2D eigenvalue weighted by molar-refractivity contribution is 7.71. The van der Waals surface area contributed by atoms with E-state index in [0.717, 1.165) is 40.9 Å². The van der Waals surface area contributed by atoms with Crippen LogP contribution in [0.25, 0.3) is 11.2 Å². The molecular formula is C14H24N4S. The Balaban J connectivity index is 2.49. The van der Waals surface area contributed by atoms with Gasteiger partial charge in [0.2, 0.25) is 0 Å². The Kier molecular flexibility index (Phi) is 4.45. The standard InChI is InChI=1S/C14H24N4S/c1-5-7-9-10(3)18-13-12(15-14(18)19)11(8-6-2)16-17(13)4/h10H,5-9H2,1-4H3,(H,15,19). The second-order valence-corrected chi connectivity index (χ2v) is 5.70. The summed E-state index contributed by atoms with van der Waals surface area (Å²) in [6, 6.07) is 0.422. The zero-order valence-corrected chi connectivity index (χ0v) is 13.2. The Morgan fingerprint density at radius 3 is 2.68 bits per heavy atom. The largest absolute Gasteiger partial charge is 0.328 e. The molecule has 0 spiro atoms. The maximum atomic E-state index is 5.50. The number of fused-ring (bicyclic) bond motifs is 1. The number of rotatable bonds is 6. The van der Waals surface area contributed by atoms with Crippen molar-refractivity contribution >= 4 is 23.4 Å². The van der Waals surface area contributed by atoms with Gasteiger partial charge in [-0.2, -0.15) is 5.10 Å². The number of nitrogens with one attached hydrogen (secondary N) is 1. The van der Waals surface area contributed by atoms with Crippen LogP contribution < -0.4 is 0 Å². The van der Waals surface area contributed by atoms with Crippen LogP contribution in [0.15, 0.2) is 0 Å². The number of aromatic nitrogens is 4. The summed E-state index contributed by atoms with van der Waals surface area (Å²) < 4.78 is 5.02. The van der Waals surface area contributed by atoms with E-state index in [0.29, 0.717) is 6.04 Å². The molecule has 106 valence electrons. The number of hydrogen-bond acceptors (Lipinski definition) is 2. The average molecular weight is 280 g/mol. The van der Waals surface area contributed by atoms with Gasteiger partial charge in [0, 0.05) is 13.1 Å². The number of aromatic amines is 1. The molecular weight excluding hydrogens is 256 g/mol. The van der Waals surface area contributed by atoms with Crippen molar-refractivity contribution in [3.8, 4) is 0 Å². The van der Waals surface area contributed by atoms with E-state index in [1.807, 2.05) is 11.7 Å². The molecule has 0 fully saturated rings. The molecule has 1 N–H and O–H groups in total. The zero-order chi connectivity index (χ0) is 14.0. The second kappa shape index (κ2) is 5.90. The minimum Gasteiger partial charge on any atom is -0.328 e. The number of imidazole rings is 1. The third kappa shape index (κ3) is 2.61. The summed E-state index contributed by atoms with van der Waals surface area (Å²) in [5.74, 6) is 0. The van der Waals surface area contributed by atoms with Crippen LogP contribution in [-0.2, 0) is 13.5 Å². The molecule has 1 unspecified atom stereocenters. The van der Waals surface area contributed by atoms with Crippen molar-refractivity contribution in [3.05, 3.63) is 10.5 Å². The summed E-state index contributed by atoms with van der Waals surface area (Å²) in [7, 11) is 2.01. The van der Waals surface area contributed by atoms with Gasteiger partial charge in [0.25, 0.3) is 0 Å². The molecule has 0 saturated heterocycles. The SMILES string of the molecule is CCCCC(C)n1c(=S)[nH]c2c(CCC)nn(C)c21. The molecule has 4 nitrogen and oxygen atoms in total. The first-order valence-electron chi connectivity index (χ1n) is 7.26. The molecule has 2 aromatic rings. The molecule has 1 atom stereocenters. The van der Waals surface area contributed by atoms with E-state index in [-0.39, 0.29) is 0 Å². The predicted octanol–water partition coefficient (Wildman–Crippen LogP) is 4.14. The van der Waals surface area contributed by atoms with Gasteiger partial charge >= 0.3 is 0 Å². The quantitative estimate of drug-likeness (QED) is 0.808. The Morgan fingerprint density at radius 2 is 2.05 bits per heavy atom. The molecule has 2 aromatic heterocycles. The van der Waals surface area contributed by atoms with Gasteiger partial charge in [-0.1, -0.05) is 33.1 Å². The normalized spacial score (nSPS) is 13.3. The summed E-state index contributed by atoms with van der Waals surface area (Å²) in [4.78, 5) is 3.35. The lowest BCUT2D eigenvalue weighted by Gasteiger charge is -2.13. The van der Waals surface area contributed by atoms with Crippen LogP contribution in [0, 0.1) is 4.77 Å². The summed E-state index contributed by atoms with van der Waals surface area (Å²) in [6.45, 7) is 6.64. The Morgan fingerprint density at radius 1 is 1.32 bits per heavy atom. The Hall–Kier alpha value is -1.10. The van der Waals surface area contributed by atoms with Crippen molar-refractivity contribution in [2.75, 3.05) is 0 Å². The lowest BCUT2D eigenvalue weighted by atomic mass is 10.1. The maximum absolute atomic E-state index is 5.50. The minimum absolute atomic E-state index is 0.422. The topological polar surface area (TPSA) is 38.5 Å². The molecule has 0 saturated carbocycles. The van der Waals surface area contributed by atoms with E-state index in [1.165, 1.54) is 12.8 Å². The molecule has 0 bridgehead atoms. The van der Waals surface area contributed by atoms with Crippen molar-refractivity contribution in [3.63, 3.8) is 0 Å². The van der Waals surface area contributed by atoms with E-state index < -0.39 is 0 Å². The van der Waals surface area contributed by atoms with Crippen molar-refractivity contribution in [2.45, 2.75) is 58.9 Å². The fourth-order valence-corrected chi connectivity index (χ4v) is 3.05. The number of hydrogen-bond donors (Lipinski definition) is 1. The monoisotopic (exact) mass is 280 g/mol. The van der Waals surface area contributed by atoms with Gasteiger partial charge < -0.3 is 4.98 Å². The minimum atomic E-state index is 0.422. The molecule has 2 rings (SSSR count). The van der Waals surface area contributed by atoms with E-state index in [4.69, 9.17) is 12.2 Å². The highest BCUT2D eigenvalue weighted by Gasteiger charge is 2.17. The Bertz CT molecular complexity index is 605. The first-order chi connectivity index (χ1) is 9.10. The van der Waals surface area contributed by atoms with Crippen molar-refractivity contribution in [2.24, 2.45) is 7.05 Å². The summed E-state index contributed by atoms with van der Waals surface area (Å²) in [5, 5.41) is 4.62. The van der Waals surface area contributed by atoms with Gasteiger partial charge in [0.05, 0.1) is 5.69 Å². The highest BCUT2D eigenvalue weighted by atomic mass is 32.1. The van der Waals surface area contributed by atoms with E-state index in [2.05, 4.69) is 35.4 Å². The summed E-state index contributed by atoms with van der Waals surface area (Å²) >= 11 is 5.50. The average Bonchev–Trinajstić information content (AvgIpc) is 2.85. The summed E-state index contributed by atoms with van der Waals surface area (Å²) in [5.41, 5.74) is 3.39. The third-order valence-corrected chi connectivity index (χ3v) is 3.97. The van der Waals surface area contributed by atoms with E-state index >= 15 is 0 Å². The maximum Gasteiger partial charge on any atom is 0.179 e. The van der Waals surface area contributed by atoms with Crippen LogP contribution in [0.1, 0.15) is 58.2 Å². The molecule has 0 aromatic carbocycles. The first-order valence-corrected chi connectivity index (χ1v) is 7.67. The van der Waals surface area contributed by atoms with E-state index in [9.17, 15) is 0 Å². The lowest BCUT2D eigenvalue weighted by Crippen LogP contribution is -2.08. The van der Waals surface area contributed by atoms with Gasteiger partial charge in [0.1, 0.15) is 5.52 Å². The van der Waals surface area contributed by atoms with Gasteiger partial charge in [-0.3, -0.25) is 9.25 Å². The zero-order valence-electron chi connectivity index (χ0n) is 12.4. The van der Waals surface area contributed by atoms with Crippen LogP contribution in [0.5, 0.6) is 0 Å². The van der Waals surface area contributed by atoms with Crippen molar-refractivity contribution < 1.29 is 0 Å². The molecule has 0 aliphatic heterocycles. The van der Waals surface area contributed by atoms with Crippen LogP contribution in [0.4, 0.5) is 0 Å². The van der Waals surface area contributed by atoms with Gasteiger partial charge in [0.15, 0.2) is 10.4 Å². The van der Waals surface area contributed by atoms with Gasteiger partial charge in [-0.25, -0.2) is 0 Å². The molecule has 19 heavy (non-hydrogen) atoms.